The minimum absolute atomic E-state index is 0.0987. The Bertz CT molecular complexity index is 1500. The molecule has 6 heteroatoms. The molecule has 0 saturated carbocycles. The number of ether oxygens (including phenoxy) is 1. The number of hydrogen-bond acceptors (Lipinski definition) is 5. The number of benzene rings is 3. The second kappa shape index (κ2) is 8.40. The number of thiophene rings is 1. The van der Waals surface area contributed by atoms with Crippen molar-refractivity contribution in [3.8, 4) is 11.3 Å². The summed E-state index contributed by atoms with van der Waals surface area (Å²) < 4.78 is 7.70. The fourth-order valence-corrected chi connectivity index (χ4v) is 4.86. The molecule has 5 rings (SSSR count). The molecule has 0 aliphatic carbocycles. The minimum atomic E-state index is -0.361. The van der Waals surface area contributed by atoms with Gasteiger partial charge in [0.1, 0.15) is 5.69 Å². The molecule has 0 aliphatic rings. The van der Waals surface area contributed by atoms with Crippen molar-refractivity contribution in [1.82, 2.24) is 9.55 Å². The number of rotatable bonds is 5. The second-order valence-electron chi connectivity index (χ2n) is 7.49. The molecule has 2 aromatic heterocycles. The molecule has 0 unspecified atom stereocenters. The molecule has 0 atom stereocenters. The van der Waals surface area contributed by atoms with Crippen LogP contribution < -0.4 is 5.56 Å². The van der Waals surface area contributed by atoms with Crippen molar-refractivity contribution in [2.45, 2.75) is 13.0 Å². The first-order chi connectivity index (χ1) is 15.7. The van der Waals surface area contributed by atoms with Gasteiger partial charge in [0, 0.05) is 27.6 Å². The summed E-state index contributed by atoms with van der Waals surface area (Å²) in [6, 6.07) is 23.1. The first kappa shape index (κ1) is 20.2. The van der Waals surface area contributed by atoms with Gasteiger partial charge in [0.25, 0.3) is 5.56 Å². The molecule has 0 saturated heterocycles. The zero-order chi connectivity index (χ0) is 22.1. The third kappa shape index (κ3) is 3.59. The van der Waals surface area contributed by atoms with Crippen LogP contribution in [-0.2, 0) is 17.7 Å². The van der Waals surface area contributed by atoms with E-state index in [1.54, 1.807) is 28.0 Å². The van der Waals surface area contributed by atoms with Crippen LogP contribution in [0.3, 0.4) is 0 Å². The van der Waals surface area contributed by atoms with Crippen LogP contribution >= 0.6 is 11.3 Å². The number of methoxy groups -OCH3 is 1. The number of fused-ring (bicyclic) bond motifs is 2. The average Bonchev–Trinajstić information content (AvgIpc) is 3.27. The molecule has 0 amide bonds. The summed E-state index contributed by atoms with van der Waals surface area (Å²) in [4.78, 5) is 30.0. The van der Waals surface area contributed by atoms with Crippen LogP contribution in [0.2, 0.25) is 0 Å². The number of para-hydroxylation sites is 2. The van der Waals surface area contributed by atoms with Crippen LogP contribution in [0.25, 0.3) is 32.4 Å². The highest BCUT2D eigenvalue weighted by atomic mass is 32.1. The van der Waals surface area contributed by atoms with Gasteiger partial charge in [-0.25, -0.2) is 9.78 Å². The standard InChI is InChI=1S/C26H20N2O3S/c1-31-26(30)18-12-10-17(11-13-18)14-15-28-22-8-4-3-7-21(22)27-24(25(28)29)20-16-32-23-9-5-2-6-19(20)23/h2-13,16H,14-15H2,1H3. The Morgan fingerprint density at radius 1 is 1.00 bits per heavy atom. The molecule has 5 nitrogen and oxygen atoms in total. The van der Waals surface area contributed by atoms with Crippen LogP contribution in [0, 0.1) is 0 Å². The smallest absolute Gasteiger partial charge is 0.337 e. The summed E-state index contributed by atoms with van der Waals surface area (Å²) in [7, 11) is 1.37. The first-order valence-electron chi connectivity index (χ1n) is 10.3. The van der Waals surface area contributed by atoms with E-state index < -0.39 is 0 Å². The van der Waals surface area contributed by atoms with E-state index in [0.717, 1.165) is 32.2 Å². The summed E-state index contributed by atoms with van der Waals surface area (Å²) in [5, 5.41) is 3.06. The zero-order valence-corrected chi connectivity index (χ0v) is 18.3. The second-order valence-corrected chi connectivity index (χ2v) is 8.40. The third-order valence-corrected chi connectivity index (χ3v) is 6.55. The number of carbonyl (C=O) groups excluding carboxylic acids is 1. The number of aromatic nitrogens is 2. The highest BCUT2D eigenvalue weighted by Gasteiger charge is 2.16. The summed E-state index contributed by atoms with van der Waals surface area (Å²) in [6.45, 7) is 0.508. The molecule has 0 radical (unpaired) electrons. The van der Waals surface area contributed by atoms with Crippen LogP contribution in [0.1, 0.15) is 15.9 Å². The molecule has 0 spiro atoms. The van der Waals surface area contributed by atoms with Crippen molar-refractivity contribution >= 4 is 38.4 Å². The minimum Gasteiger partial charge on any atom is -0.465 e. The largest absolute Gasteiger partial charge is 0.465 e. The highest BCUT2D eigenvalue weighted by Crippen LogP contribution is 2.32. The van der Waals surface area contributed by atoms with Crippen molar-refractivity contribution in [2.75, 3.05) is 7.11 Å². The molecule has 0 fully saturated rings. The number of carbonyl (C=O) groups is 1. The zero-order valence-electron chi connectivity index (χ0n) is 17.4. The fraction of sp³-hybridized carbons (Fsp3) is 0.115. The van der Waals surface area contributed by atoms with Gasteiger partial charge in [0.05, 0.1) is 23.7 Å². The van der Waals surface area contributed by atoms with Crippen LogP contribution in [0.15, 0.2) is 83.0 Å². The SMILES string of the molecule is COC(=O)c1ccc(CCn2c(=O)c(-c3csc4ccccc34)nc3ccccc32)cc1. The van der Waals surface area contributed by atoms with Crippen molar-refractivity contribution in [2.24, 2.45) is 0 Å². The monoisotopic (exact) mass is 440 g/mol. The average molecular weight is 441 g/mol. The van der Waals surface area contributed by atoms with Gasteiger partial charge < -0.3 is 9.30 Å². The molecule has 158 valence electrons. The van der Waals surface area contributed by atoms with Crippen molar-refractivity contribution in [3.05, 3.63) is 99.7 Å². The first-order valence-corrected chi connectivity index (χ1v) is 11.2. The van der Waals surface area contributed by atoms with E-state index in [2.05, 4.69) is 6.07 Å². The Morgan fingerprint density at radius 2 is 1.75 bits per heavy atom. The maximum absolute atomic E-state index is 13.6. The summed E-state index contributed by atoms with van der Waals surface area (Å²) in [5.74, 6) is -0.361. The van der Waals surface area contributed by atoms with Gasteiger partial charge >= 0.3 is 5.97 Å². The maximum atomic E-state index is 13.6. The van der Waals surface area contributed by atoms with E-state index in [9.17, 15) is 9.59 Å². The molecule has 0 N–H and O–H groups in total. The van der Waals surface area contributed by atoms with Crippen LogP contribution in [0.5, 0.6) is 0 Å². The molecule has 3 aromatic carbocycles. The normalized spacial score (nSPS) is 11.2. The molecule has 0 bridgehead atoms. The lowest BCUT2D eigenvalue weighted by molar-refractivity contribution is 0.0600. The fourth-order valence-electron chi connectivity index (χ4n) is 3.92. The predicted molar refractivity (Wildman–Crippen MR) is 128 cm³/mol. The Morgan fingerprint density at radius 3 is 2.56 bits per heavy atom. The topological polar surface area (TPSA) is 61.2 Å². The molecule has 5 aromatic rings. The lowest BCUT2D eigenvalue weighted by atomic mass is 10.1. The molecule has 2 heterocycles. The van der Waals surface area contributed by atoms with E-state index in [4.69, 9.17) is 9.72 Å². The van der Waals surface area contributed by atoms with Gasteiger partial charge in [-0.15, -0.1) is 11.3 Å². The summed E-state index contributed by atoms with van der Waals surface area (Å²) in [6.07, 6.45) is 0.652. The number of aryl methyl sites for hydroxylation is 2. The van der Waals surface area contributed by atoms with E-state index in [0.29, 0.717) is 24.2 Å². The predicted octanol–water partition coefficient (Wildman–Crippen LogP) is 5.31. The number of esters is 1. The quantitative estimate of drug-likeness (QED) is 0.348. The number of hydrogen-bond donors (Lipinski definition) is 0. The maximum Gasteiger partial charge on any atom is 0.337 e. The van der Waals surface area contributed by atoms with Gasteiger partial charge in [0.2, 0.25) is 0 Å². The lowest BCUT2D eigenvalue weighted by Crippen LogP contribution is -2.24. The van der Waals surface area contributed by atoms with Gasteiger partial charge in [-0.05, 0) is 42.3 Å². The third-order valence-electron chi connectivity index (χ3n) is 5.59. The van der Waals surface area contributed by atoms with Crippen LogP contribution in [0.4, 0.5) is 0 Å². The lowest BCUT2D eigenvalue weighted by Gasteiger charge is -2.12. The van der Waals surface area contributed by atoms with Gasteiger partial charge in [-0.1, -0.05) is 42.5 Å². The Kier molecular flexibility index (Phi) is 5.29. The van der Waals surface area contributed by atoms with Gasteiger partial charge in [-0.2, -0.15) is 0 Å². The Labute approximate surface area is 188 Å². The van der Waals surface area contributed by atoms with Gasteiger partial charge in [-0.3, -0.25) is 4.79 Å². The highest BCUT2D eigenvalue weighted by molar-refractivity contribution is 7.17. The Hall–Kier alpha value is -3.77. The van der Waals surface area contributed by atoms with E-state index in [1.165, 1.54) is 7.11 Å². The van der Waals surface area contributed by atoms with E-state index in [-0.39, 0.29) is 11.5 Å². The van der Waals surface area contributed by atoms with E-state index in [1.807, 2.05) is 60.0 Å². The summed E-state index contributed by atoms with van der Waals surface area (Å²) >= 11 is 1.62. The van der Waals surface area contributed by atoms with Crippen LogP contribution in [-0.4, -0.2) is 22.6 Å². The number of nitrogens with zero attached hydrogens (tertiary/aromatic N) is 2. The Balaban J connectivity index is 1.56. The summed E-state index contributed by atoms with van der Waals surface area (Å²) in [5.41, 5.74) is 4.39. The van der Waals surface area contributed by atoms with Crippen molar-refractivity contribution < 1.29 is 9.53 Å². The van der Waals surface area contributed by atoms with Crippen molar-refractivity contribution in [1.29, 1.82) is 0 Å². The molecular formula is C26H20N2O3S. The molecule has 32 heavy (non-hydrogen) atoms. The van der Waals surface area contributed by atoms with E-state index >= 15 is 0 Å². The van der Waals surface area contributed by atoms with Gasteiger partial charge in [0.15, 0.2) is 0 Å². The molecule has 0 aliphatic heterocycles. The molecular weight excluding hydrogens is 420 g/mol. The van der Waals surface area contributed by atoms with Crippen molar-refractivity contribution in [3.63, 3.8) is 0 Å².